The molecular formula is C64H36N6S2. The third-order valence-electron chi connectivity index (χ3n) is 15.3. The van der Waals surface area contributed by atoms with Gasteiger partial charge in [0.15, 0.2) is 11.6 Å². The third kappa shape index (κ3) is 5.21. The smallest absolute Gasteiger partial charge is 0.160 e. The summed E-state index contributed by atoms with van der Waals surface area (Å²) in [5.41, 5.74) is 11.4. The van der Waals surface area contributed by atoms with Crippen LogP contribution >= 0.6 is 22.7 Å². The van der Waals surface area contributed by atoms with Gasteiger partial charge >= 0.3 is 0 Å². The first-order valence-electron chi connectivity index (χ1n) is 24.3. The fourth-order valence-electron chi connectivity index (χ4n) is 12.2. The van der Waals surface area contributed by atoms with E-state index < -0.39 is 0 Å². The van der Waals surface area contributed by atoms with E-state index in [0.717, 1.165) is 45.1 Å². The summed E-state index contributed by atoms with van der Waals surface area (Å²) in [6, 6.07) is 80.1. The van der Waals surface area contributed by atoms with Gasteiger partial charge in [0.25, 0.3) is 0 Å². The molecule has 0 unspecified atom stereocenters. The number of nitrogens with zero attached hydrogens (tertiary/aromatic N) is 6. The molecule has 0 bridgehead atoms. The van der Waals surface area contributed by atoms with Crippen LogP contribution in [0.4, 0.5) is 0 Å². The van der Waals surface area contributed by atoms with Crippen LogP contribution in [-0.2, 0) is 0 Å². The lowest BCUT2D eigenvalue weighted by Gasteiger charge is -2.11. The molecule has 17 rings (SSSR count). The second-order valence-corrected chi connectivity index (χ2v) is 21.2. The van der Waals surface area contributed by atoms with Gasteiger partial charge in [-0.05, 0) is 109 Å². The Morgan fingerprint density at radius 3 is 0.944 bits per heavy atom. The molecule has 0 aliphatic carbocycles. The van der Waals surface area contributed by atoms with E-state index in [2.05, 4.69) is 237 Å². The van der Waals surface area contributed by atoms with Gasteiger partial charge in [-0.1, -0.05) is 109 Å². The van der Waals surface area contributed by atoms with Crippen molar-refractivity contribution in [2.75, 3.05) is 0 Å². The zero-order valence-electron chi connectivity index (χ0n) is 38.3. The quantitative estimate of drug-likeness (QED) is 0.176. The first kappa shape index (κ1) is 38.7. The van der Waals surface area contributed by atoms with Gasteiger partial charge in [-0.3, -0.25) is 9.13 Å². The summed E-state index contributed by atoms with van der Waals surface area (Å²) in [6.45, 7) is 0. The minimum Gasteiger partial charge on any atom is -0.309 e. The summed E-state index contributed by atoms with van der Waals surface area (Å²) in [5.74, 6) is 1.53. The zero-order valence-corrected chi connectivity index (χ0v) is 39.9. The van der Waals surface area contributed by atoms with Gasteiger partial charge in [-0.25, -0.2) is 0 Å². The first-order chi connectivity index (χ1) is 35.7. The van der Waals surface area contributed by atoms with Gasteiger partial charge in [0.2, 0.25) is 0 Å². The van der Waals surface area contributed by atoms with Crippen LogP contribution in [-0.4, -0.2) is 28.5 Å². The average Bonchev–Trinajstić information content (AvgIpc) is 4.28. The standard InChI is InChI=1S/C64H36N6S2/c1-7-19-51-39(13-1)40-14-2-8-20-52(40)67(51)37-25-27-55-45(31-37)47-35-61-49(43-17-5-11-23-59(43)71-61)33-57(47)69(55)63-29-30-64(66-65-63)70-56-28-26-38(68-53-21-9-3-15-41(53)42-16-4-10-22-54(42)68)32-46(56)48-36-62-50(34-58(48)70)44-18-6-12-24-60(44)72-62/h1-36H. The lowest BCUT2D eigenvalue weighted by molar-refractivity contribution is 0.910. The predicted molar refractivity (Wildman–Crippen MR) is 305 cm³/mol. The fourth-order valence-corrected chi connectivity index (χ4v) is 14.4. The van der Waals surface area contributed by atoms with Crippen molar-refractivity contribution in [1.82, 2.24) is 28.5 Å². The Kier molecular flexibility index (Phi) is 7.67. The van der Waals surface area contributed by atoms with Crippen LogP contribution in [0, 0.1) is 0 Å². The van der Waals surface area contributed by atoms with E-state index in [-0.39, 0.29) is 0 Å². The Labute approximate surface area is 417 Å². The van der Waals surface area contributed by atoms with Crippen LogP contribution in [0.25, 0.3) is 151 Å². The molecule has 0 amide bonds. The van der Waals surface area contributed by atoms with Gasteiger partial charge in [-0.2, -0.15) is 0 Å². The molecule has 6 nitrogen and oxygen atoms in total. The van der Waals surface area contributed by atoms with Gasteiger partial charge in [0, 0.05) is 94.8 Å². The van der Waals surface area contributed by atoms with Crippen molar-refractivity contribution < 1.29 is 0 Å². The van der Waals surface area contributed by atoms with Crippen LogP contribution in [0.3, 0.4) is 0 Å². The maximum Gasteiger partial charge on any atom is 0.160 e. The van der Waals surface area contributed by atoms with Gasteiger partial charge in [0.05, 0.1) is 44.1 Å². The van der Waals surface area contributed by atoms with Crippen LogP contribution in [0.2, 0.25) is 0 Å². The molecule has 0 spiro atoms. The van der Waals surface area contributed by atoms with Crippen LogP contribution in [0.1, 0.15) is 0 Å². The van der Waals surface area contributed by atoms with E-state index >= 15 is 0 Å². The molecule has 17 aromatic rings. The maximum atomic E-state index is 5.19. The molecule has 7 heterocycles. The normalized spacial score (nSPS) is 12.4. The molecule has 0 N–H and O–H groups in total. The summed E-state index contributed by atoms with van der Waals surface area (Å²) < 4.78 is 14.5. The molecular weight excluding hydrogens is 917 g/mol. The number of fused-ring (bicyclic) bond motifs is 18. The highest BCUT2D eigenvalue weighted by atomic mass is 32.1. The van der Waals surface area contributed by atoms with Gasteiger partial charge < -0.3 is 9.13 Å². The number of benzene rings is 10. The summed E-state index contributed by atoms with van der Waals surface area (Å²) in [4.78, 5) is 0. The number of hydrogen-bond acceptors (Lipinski definition) is 4. The molecule has 0 atom stereocenters. The van der Waals surface area contributed by atoms with E-state index in [1.165, 1.54) is 106 Å². The molecule has 0 aliphatic heterocycles. The molecule has 334 valence electrons. The maximum absolute atomic E-state index is 5.19. The lowest BCUT2D eigenvalue weighted by Crippen LogP contribution is -2.04. The topological polar surface area (TPSA) is 45.5 Å². The highest BCUT2D eigenvalue weighted by Crippen LogP contribution is 2.44. The highest BCUT2D eigenvalue weighted by molar-refractivity contribution is 7.26. The minimum atomic E-state index is 0.767. The van der Waals surface area contributed by atoms with E-state index in [1.54, 1.807) is 0 Å². The summed E-state index contributed by atoms with van der Waals surface area (Å²) in [6.07, 6.45) is 0. The zero-order chi connectivity index (χ0) is 46.8. The van der Waals surface area contributed by atoms with Crippen LogP contribution < -0.4 is 0 Å². The summed E-state index contributed by atoms with van der Waals surface area (Å²) in [5, 5.41) is 25.1. The molecule has 0 fully saturated rings. The second-order valence-electron chi connectivity index (χ2n) is 19.0. The number of thiophene rings is 2. The van der Waals surface area contributed by atoms with Gasteiger partial charge in [0.1, 0.15) is 0 Å². The SMILES string of the molecule is c1ccc2c(c1)sc1cc3c4cc(-n5c6ccccc6c6ccccc65)ccc4n(-c4ccc(-n5c6ccc(-n7c8ccccc8c8ccccc87)cc6c6cc7sc8ccccc8c7cc65)nn4)c3cc12. The van der Waals surface area contributed by atoms with E-state index in [9.17, 15) is 0 Å². The lowest BCUT2D eigenvalue weighted by atomic mass is 10.1. The average molecular weight is 953 g/mol. The molecule has 0 aliphatic rings. The summed E-state index contributed by atoms with van der Waals surface area (Å²) in [7, 11) is 0. The van der Waals surface area contributed by atoms with Crippen molar-refractivity contribution in [3.8, 4) is 23.0 Å². The van der Waals surface area contributed by atoms with E-state index in [4.69, 9.17) is 10.2 Å². The predicted octanol–water partition coefficient (Wildman–Crippen LogP) is 17.6. The van der Waals surface area contributed by atoms with Crippen LogP contribution in [0.15, 0.2) is 218 Å². The minimum absolute atomic E-state index is 0.767. The molecule has 0 saturated carbocycles. The molecule has 0 saturated heterocycles. The first-order valence-corrected chi connectivity index (χ1v) is 25.9. The Bertz CT molecular complexity index is 4740. The molecule has 10 aromatic carbocycles. The van der Waals surface area contributed by atoms with Crippen molar-refractivity contribution >= 4 is 150 Å². The van der Waals surface area contributed by atoms with Crippen molar-refractivity contribution in [3.05, 3.63) is 218 Å². The van der Waals surface area contributed by atoms with Crippen molar-refractivity contribution in [2.45, 2.75) is 0 Å². The molecule has 0 radical (unpaired) electrons. The Morgan fingerprint density at radius 2 is 0.556 bits per heavy atom. The van der Waals surface area contributed by atoms with Crippen LogP contribution in [0.5, 0.6) is 0 Å². The van der Waals surface area contributed by atoms with Crippen molar-refractivity contribution in [1.29, 1.82) is 0 Å². The largest absolute Gasteiger partial charge is 0.309 e. The number of rotatable bonds is 4. The van der Waals surface area contributed by atoms with E-state index in [1.807, 2.05) is 22.7 Å². The molecule has 7 aromatic heterocycles. The molecule has 8 heteroatoms. The fraction of sp³-hybridized carbons (Fsp3) is 0. The van der Waals surface area contributed by atoms with Crippen molar-refractivity contribution in [2.24, 2.45) is 0 Å². The summed E-state index contributed by atoms with van der Waals surface area (Å²) >= 11 is 3.71. The number of hydrogen-bond donors (Lipinski definition) is 0. The molecule has 72 heavy (non-hydrogen) atoms. The highest BCUT2D eigenvalue weighted by Gasteiger charge is 2.22. The van der Waals surface area contributed by atoms with Gasteiger partial charge in [-0.15, -0.1) is 32.9 Å². The van der Waals surface area contributed by atoms with Crippen molar-refractivity contribution in [3.63, 3.8) is 0 Å². The number of aromatic nitrogens is 6. The van der Waals surface area contributed by atoms with E-state index in [0.29, 0.717) is 0 Å². The number of para-hydroxylation sites is 4. The second kappa shape index (κ2) is 14.3. The monoisotopic (exact) mass is 952 g/mol. The Morgan fingerprint density at radius 1 is 0.222 bits per heavy atom. The Hall–Kier alpha value is -9.08. The Balaban J connectivity index is 0.892. The third-order valence-corrected chi connectivity index (χ3v) is 17.5.